The van der Waals surface area contributed by atoms with Crippen molar-refractivity contribution in [3.8, 4) is 0 Å². The normalized spacial score (nSPS) is 41.2. The van der Waals surface area contributed by atoms with Crippen molar-refractivity contribution in [3.63, 3.8) is 0 Å². The van der Waals surface area contributed by atoms with Crippen LogP contribution in [0.15, 0.2) is 47.6 Å². The van der Waals surface area contributed by atoms with Crippen LogP contribution in [-0.4, -0.2) is 87.1 Å². The summed E-state index contributed by atoms with van der Waals surface area (Å²) in [6, 6.07) is 0. The third-order valence-corrected chi connectivity index (χ3v) is 10.1. The summed E-state index contributed by atoms with van der Waals surface area (Å²) >= 11 is 0. The van der Waals surface area contributed by atoms with Gasteiger partial charge in [0.1, 0.15) is 23.9 Å². The maximum atomic E-state index is 13.2. The quantitative estimate of drug-likeness (QED) is 0.139. The number of aliphatic hydroxyl groups is 3. The number of carbonyl (C=O) groups is 2. The van der Waals surface area contributed by atoms with Gasteiger partial charge in [-0.15, -0.1) is 0 Å². The monoisotopic (exact) mass is 602 g/mol. The van der Waals surface area contributed by atoms with E-state index in [2.05, 4.69) is 6.58 Å². The van der Waals surface area contributed by atoms with Crippen LogP contribution in [0.2, 0.25) is 0 Å². The summed E-state index contributed by atoms with van der Waals surface area (Å²) in [5.41, 5.74) is -3.63. The van der Waals surface area contributed by atoms with Gasteiger partial charge < -0.3 is 34.3 Å². The molecule has 9 heteroatoms. The zero-order chi connectivity index (χ0) is 32.0. The van der Waals surface area contributed by atoms with Crippen molar-refractivity contribution in [1.82, 2.24) is 0 Å². The Labute approximate surface area is 255 Å². The number of rotatable bonds is 11. The summed E-state index contributed by atoms with van der Waals surface area (Å²) in [5.74, 6) is -1.25. The predicted molar refractivity (Wildman–Crippen MR) is 161 cm³/mol. The molecule has 2 aliphatic heterocycles. The van der Waals surface area contributed by atoms with Gasteiger partial charge in [0.05, 0.1) is 17.3 Å². The van der Waals surface area contributed by atoms with Gasteiger partial charge in [-0.05, 0) is 73.6 Å². The summed E-state index contributed by atoms with van der Waals surface area (Å²) in [4.78, 5) is 26.0. The van der Waals surface area contributed by atoms with Crippen LogP contribution < -0.4 is 0 Å². The first-order chi connectivity index (χ1) is 20.0. The molecule has 4 aliphatic rings. The van der Waals surface area contributed by atoms with Gasteiger partial charge in [-0.1, -0.05) is 47.6 Å². The number of carbonyl (C=O) groups excluding carboxylic acids is 2. The van der Waals surface area contributed by atoms with E-state index in [1.54, 1.807) is 6.92 Å². The molecule has 0 unspecified atom stereocenters. The van der Waals surface area contributed by atoms with Gasteiger partial charge in [0.25, 0.3) is 0 Å². The van der Waals surface area contributed by atoms with Crippen molar-refractivity contribution in [1.29, 1.82) is 0 Å². The van der Waals surface area contributed by atoms with Crippen LogP contribution in [0.3, 0.4) is 0 Å². The van der Waals surface area contributed by atoms with Gasteiger partial charge in [0, 0.05) is 25.9 Å². The molecule has 0 spiro atoms. The molecule has 2 heterocycles. The number of Topliss-reactive ketones (excluding diaryl/α,β-unsaturated/α-hetero) is 1. The van der Waals surface area contributed by atoms with E-state index in [1.165, 1.54) is 7.11 Å². The van der Waals surface area contributed by atoms with Crippen LogP contribution in [0.1, 0.15) is 86.5 Å². The van der Waals surface area contributed by atoms with Gasteiger partial charge in [-0.25, -0.2) is 4.79 Å². The Morgan fingerprint density at radius 1 is 1.14 bits per heavy atom. The number of ketones is 1. The average Bonchev–Trinajstić information content (AvgIpc) is 3.54. The zero-order valence-electron chi connectivity index (χ0n) is 26.8. The number of aliphatic hydroxyl groups excluding tert-OH is 1. The fraction of sp³-hybridized carbons (Fsp3) is 0.706. The van der Waals surface area contributed by atoms with E-state index in [9.17, 15) is 24.9 Å². The first kappa shape index (κ1) is 33.7. The molecule has 9 nitrogen and oxygen atoms in total. The summed E-state index contributed by atoms with van der Waals surface area (Å²) < 4.78 is 23.5. The molecule has 2 bridgehead atoms. The van der Waals surface area contributed by atoms with Crippen molar-refractivity contribution in [2.24, 2.45) is 5.92 Å². The minimum absolute atomic E-state index is 0.0230. The van der Waals surface area contributed by atoms with Crippen LogP contribution >= 0.6 is 0 Å². The Morgan fingerprint density at radius 3 is 2.47 bits per heavy atom. The largest absolute Gasteiger partial charge is 0.461 e. The van der Waals surface area contributed by atoms with Gasteiger partial charge in [-0.2, -0.15) is 0 Å². The van der Waals surface area contributed by atoms with Crippen molar-refractivity contribution < 1.29 is 43.9 Å². The molecule has 3 N–H and O–H groups in total. The second-order valence-corrected chi connectivity index (χ2v) is 13.9. The molecule has 0 aromatic rings. The summed E-state index contributed by atoms with van der Waals surface area (Å²) in [5, 5.41) is 35.0. The molecular formula is C34H50O9. The third kappa shape index (κ3) is 6.09. The van der Waals surface area contributed by atoms with E-state index in [1.807, 2.05) is 58.9 Å². The number of allylic oxidation sites excluding steroid dienone is 4. The van der Waals surface area contributed by atoms with E-state index in [4.69, 9.17) is 18.9 Å². The van der Waals surface area contributed by atoms with Gasteiger partial charge in [0.15, 0.2) is 17.5 Å². The number of fused-ring (bicyclic) bond motifs is 2. The van der Waals surface area contributed by atoms with E-state index in [0.29, 0.717) is 19.3 Å². The first-order valence-corrected chi connectivity index (χ1v) is 15.3. The number of ether oxygens (including phenoxy) is 4. The maximum Gasteiger partial charge on any atom is 0.335 e. The number of hydrogen-bond acceptors (Lipinski definition) is 9. The lowest BCUT2D eigenvalue weighted by atomic mass is 9.62. The Morgan fingerprint density at radius 2 is 1.84 bits per heavy atom. The smallest absolute Gasteiger partial charge is 0.335 e. The van der Waals surface area contributed by atoms with Crippen molar-refractivity contribution >= 4 is 11.8 Å². The Kier molecular flexibility index (Phi) is 9.41. The lowest BCUT2D eigenvalue weighted by Crippen LogP contribution is -2.75. The van der Waals surface area contributed by atoms with Crippen LogP contribution in [0.25, 0.3) is 0 Å². The SMILES string of the molecule is C=C1CC[C@@]2(C[C@@H](O)C(=O)OC[C@@]3(O)CCC(=O)[C@@H](OC)[C@]3(O)[C@@]3(C)O[C@H]3CC=C(C)C)C[C@@H]1[C@](C)(/C=C/C=C(C)C)O2. The van der Waals surface area contributed by atoms with E-state index >= 15 is 0 Å². The topological polar surface area (TPSA) is 135 Å². The molecule has 4 fully saturated rings. The van der Waals surface area contributed by atoms with Gasteiger partial charge in [0.2, 0.25) is 0 Å². The molecule has 0 aromatic heterocycles. The van der Waals surface area contributed by atoms with Crippen molar-refractivity contribution in [2.45, 2.75) is 133 Å². The van der Waals surface area contributed by atoms with E-state index in [-0.39, 0.29) is 31.0 Å². The third-order valence-electron chi connectivity index (χ3n) is 10.1. The predicted octanol–water partition coefficient (Wildman–Crippen LogP) is 4.04. The minimum atomic E-state index is -2.20. The molecule has 9 atom stereocenters. The van der Waals surface area contributed by atoms with Crippen molar-refractivity contribution in [2.75, 3.05) is 13.7 Å². The van der Waals surface area contributed by atoms with E-state index in [0.717, 1.165) is 23.1 Å². The van der Waals surface area contributed by atoms with Crippen LogP contribution in [-0.2, 0) is 28.5 Å². The minimum Gasteiger partial charge on any atom is -0.461 e. The highest BCUT2D eigenvalue weighted by Gasteiger charge is 2.77. The Bertz CT molecular complexity index is 1210. The highest BCUT2D eigenvalue weighted by atomic mass is 16.6. The summed E-state index contributed by atoms with van der Waals surface area (Å²) in [6.07, 6.45) is 6.80. The second kappa shape index (κ2) is 12.0. The number of hydrogen-bond donors (Lipinski definition) is 3. The molecule has 240 valence electrons. The summed E-state index contributed by atoms with van der Waals surface area (Å²) in [7, 11) is 1.29. The Balaban J connectivity index is 1.48. The Hall–Kier alpha value is -2.14. The maximum absolute atomic E-state index is 13.2. The molecular weight excluding hydrogens is 552 g/mol. The van der Waals surface area contributed by atoms with Crippen LogP contribution in [0, 0.1) is 5.92 Å². The molecule has 0 aromatic carbocycles. The van der Waals surface area contributed by atoms with Gasteiger partial charge >= 0.3 is 5.97 Å². The van der Waals surface area contributed by atoms with E-state index < -0.39 is 58.9 Å². The molecule has 2 saturated heterocycles. The first-order valence-electron chi connectivity index (χ1n) is 15.3. The molecule has 2 aliphatic carbocycles. The van der Waals surface area contributed by atoms with Crippen molar-refractivity contribution in [3.05, 3.63) is 47.6 Å². The standard InChI is InChI=1S/C34H50O9/c1-21(2)10-9-15-30(6)24-18-32(43-30,16-13-23(24)5)19-26(36)29(37)41-20-33(38)17-14-25(35)28(40-8)34(33,39)31(7)27(42-31)12-11-22(3)4/h9-11,15,24,26-28,36,38-39H,5,12-14,16-20H2,1-4,6-8H3/b15-9+/t24-,26+,27-,28+,30-,31-,32-,33-,34-/m0/s1. The number of methoxy groups -OCH3 is 1. The summed E-state index contributed by atoms with van der Waals surface area (Å²) in [6.45, 7) is 15.2. The van der Waals surface area contributed by atoms with Crippen LogP contribution in [0.4, 0.5) is 0 Å². The second-order valence-electron chi connectivity index (χ2n) is 13.9. The molecule has 43 heavy (non-hydrogen) atoms. The highest BCUT2D eigenvalue weighted by Crippen LogP contribution is 2.57. The lowest BCUT2D eigenvalue weighted by molar-refractivity contribution is -0.260. The molecule has 0 amide bonds. The fourth-order valence-electron chi connectivity index (χ4n) is 7.50. The lowest BCUT2D eigenvalue weighted by Gasteiger charge is -2.51. The number of epoxide rings is 1. The van der Waals surface area contributed by atoms with Gasteiger partial charge in [-0.3, -0.25) is 4.79 Å². The molecule has 4 rings (SSSR count). The highest BCUT2D eigenvalue weighted by molar-refractivity contribution is 5.86. The molecule has 0 radical (unpaired) electrons. The number of esters is 1. The average molecular weight is 603 g/mol. The fourth-order valence-corrected chi connectivity index (χ4v) is 7.50. The van der Waals surface area contributed by atoms with Crippen LogP contribution in [0.5, 0.6) is 0 Å². The molecule has 2 saturated carbocycles. The zero-order valence-corrected chi connectivity index (χ0v) is 26.8.